The van der Waals surface area contributed by atoms with Crippen molar-refractivity contribution in [2.75, 3.05) is 26.4 Å². The van der Waals surface area contributed by atoms with E-state index >= 15 is 0 Å². The van der Waals surface area contributed by atoms with E-state index in [1.165, 1.54) is 116 Å². The van der Waals surface area contributed by atoms with Crippen molar-refractivity contribution >= 4 is 21.6 Å². The number of aromatic nitrogens is 2. The van der Waals surface area contributed by atoms with Gasteiger partial charge in [0.1, 0.15) is 12.3 Å². The zero-order valence-corrected chi connectivity index (χ0v) is 39.5. The second kappa shape index (κ2) is 33.2. The summed E-state index contributed by atoms with van der Waals surface area (Å²) in [6, 6.07) is -0.985. The number of unbranched alkanes of at least 4 members (excludes halogenated alkanes) is 22. The molecule has 1 fully saturated rings. The highest BCUT2D eigenvalue weighted by molar-refractivity contribution is 7.61. The first-order chi connectivity index (χ1) is 29.8. The molecule has 2 rings (SSSR count). The van der Waals surface area contributed by atoms with Crippen molar-refractivity contribution in [2.45, 2.75) is 212 Å². The average molecular weight is 922 g/mol. The number of rotatable bonds is 39. The highest BCUT2D eigenvalue weighted by Crippen LogP contribution is 2.60. The number of azide groups is 1. The van der Waals surface area contributed by atoms with Crippen molar-refractivity contribution in [2.24, 2.45) is 5.11 Å². The minimum Gasteiger partial charge on any atom is -0.457 e. The van der Waals surface area contributed by atoms with E-state index in [0.717, 1.165) is 49.5 Å². The van der Waals surface area contributed by atoms with Gasteiger partial charge in [-0.15, -0.1) is 0 Å². The maximum absolute atomic E-state index is 12.9. The number of ether oxygens (including phenoxy) is 3. The van der Waals surface area contributed by atoms with Crippen LogP contribution in [0.2, 0.25) is 0 Å². The molecule has 1 aromatic rings. The third-order valence-electron chi connectivity index (χ3n) is 10.9. The lowest BCUT2D eigenvalue weighted by atomic mass is 10.0. The Kier molecular flexibility index (Phi) is 29.8. The second-order valence-electron chi connectivity index (χ2n) is 16.4. The lowest BCUT2D eigenvalue weighted by Gasteiger charge is -2.22. The number of carbonyl (C=O) groups is 1. The van der Waals surface area contributed by atoms with Crippen LogP contribution in [-0.2, 0) is 41.5 Å². The summed E-state index contributed by atoms with van der Waals surface area (Å²) in [5.74, 6) is -0.520. The number of aryl methyl sites for hydroxylation is 1. The van der Waals surface area contributed by atoms with Crippen molar-refractivity contribution in [3.63, 3.8) is 0 Å². The Morgan fingerprint density at radius 1 is 0.823 bits per heavy atom. The molecule has 2 unspecified atom stereocenters. The van der Waals surface area contributed by atoms with Crippen molar-refractivity contribution in [1.29, 1.82) is 0 Å². The zero-order valence-electron chi connectivity index (χ0n) is 37.7. The maximum Gasteiger partial charge on any atom is 0.481 e. The molecule has 3 N–H and O–H groups in total. The summed E-state index contributed by atoms with van der Waals surface area (Å²) in [5, 5.41) is 3.61. The van der Waals surface area contributed by atoms with Crippen LogP contribution in [0.4, 0.5) is 0 Å². The molecule has 0 aliphatic carbocycles. The number of carbonyl (C=O) groups excluding carboxylic acids is 1. The fraction of sp³-hybridized carbons (Fsp3) is 0.881. The smallest absolute Gasteiger partial charge is 0.457 e. The molecule has 2 heterocycles. The Morgan fingerprint density at radius 2 is 1.32 bits per heavy atom. The Labute approximate surface area is 368 Å². The van der Waals surface area contributed by atoms with E-state index in [2.05, 4.69) is 33.2 Å². The van der Waals surface area contributed by atoms with E-state index < -0.39 is 70.6 Å². The largest absolute Gasteiger partial charge is 0.481 e. The molecule has 1 aliphatic rings. The number of nitrogens with one attached hydrogen (secondary N) is 1. The normalized spacial score (nSPS) is 18.8. The monoisotopic (exact) mass is 921 g/mol. The predicted molar refractivity (Wildman–Crippen MR) is 238 cm³/mol. The minimum absolute atomic E-state index is 0.0531. The van der Waals surface area contributed by atoms with Crippen molar-refractivity contribution < 1.29 is 51.3 Å². The number of nitrogens with zero attached hydrogens (tertiary/aromatic N) is 4. The summed E-state index contributed by atoms with van der Waals surface area (Å²) in [7, 11) is -10.6. The molecule has 1 aliphatic heterocycles. The Bertz CT molecular complexity index is 1640. The number of aromatic amines is 1. The fourth-order valence-corrected chi connectivity index (χ4v) is 9.39. The van der Waals surface area contributed by atoms with Gasteiger partial charge >= 0.3 is 27.3 Å². The molecule has 0 saturated carbocycles. The van der Waals surface area contributed by atoms with Gasteiger partial charge in [0.2, 0.25) is 0 Å². The molecule has 0 spiro atoms. The first-order valence-electron chi connectivity index (χ1n) is 23.3. The van der Waals surface area contributed by atoms with Crippen LogP contribution in [0.25, 0.3) is 10.4 Å². The Hall–Kier alpha value is -2.36. The molecule has 1 saturated heterocycles. The van der Waals surface area contributed by atoms with Gasteiger partial charge in [-0.05, 0) is 25.3 Å². The molecule has 1 aromatic heterocycles. The summed E-state index contributed by atoms with van der Waals surface area (Å²) in [5.41, 5.74) is 7.88. The molecule has 62 heavy (non-hydrogen) atoms. The molecule has 0 radical (unpaired) electrons. The van der Waals surface area contributed by atoms with Crippen LogP contribution in [0.5, 0.6) is 0 Å². The van der Waals surface area contributed by atoms with E-state index in [9.17, 15) is 33.3 Å². The minimum atomic E-state index is -5.31. The van der Waals surface area contributed by atoms with Crippen molar-refractivity contribution in [3.05, 3.63) is 43.0 Å². The van der Waals surface area contributed by atoms with Gasteiger partial charge in [0.25, 0.3) is 5.56 Å². The van der Waals surface area contributed by atoms with Crippen LogP contribution >= 0.6 is 15.6 Å². The molecular weight excluding hydrogens is 844 g/mol. The number of phosphoric acid groups is 2. The second-order valence-corrected chi connectivity index (χ2v) is 19.5. The number of phosphoric ester groups is 2. The van der Waals surface area contributed by atoms with Gasteiger partial charge in [0.05, 0.1) is 32.0 Å². The van der Waals surface area contributed by atoms with Crippen LogP contribution in [0, 0.1) is 6.92 Å². The van der Waals surface area contributed by atoms with E-state index in [0.29, 0.717) is 13.0 Å². The molecule has 0 aromatic carbocycles. The van der Waals surface area contributed by atoms with E-state index in [1.54, 1.807) is 0 Å². The topological polar surface area (TPSA) is 251 Å². The van der Waals surface area contributed by atoms with Crippen LogP contribution < -0.4 is 11.2 Å². The predicted octanol–water partition coefficient (Wildman–Crippen LogP) is 10.8. The molecule has 0 bridgehead atoms. The van der Waals surface area contributed by atoms with Gasteiger partial charge in [0.15, 0.2) is 0 Å². The van der Waals surface area contributed by atoms with Gasteiger partial charge in [-0.2, -0.15) is 4.31 Å². The van der Waals surface area contributed by atoms with Gasteiger partial charge in [-0.1, -0.05) is 160 Å². The highest BCUT2D eigenvalue weighted by atomic mass is 31.3. The summed E-state index contributed by atoms with van der Waals surface area (Å²) < 4.78 is 58.3. The quantitative estimate of drug-likeness (QED) is 0.0139. The van der Waals surface area contributed by atoms with Crippen LogP contribution in [-0.4, -0.2) is 70.0 Å². The van der Waals surface area contributed by atoms with Gasteiger partial charge in [-0.3, -0.25) is 28.2 Å². The lowest BCUT2D eigenvalue weighted by molar-refractivity contribution is -0.154. The first kappa shape index (κ1) is 55.8. The molecule has 18 nitrogen and oxygen atoms in total. The summed E-state index contributed by atoms with van der Waals surface area (Å²) in [6.45, 7) is 4.75. The highest BCUT2D eigenvalue weighted by Gasteiger charge is 2.41. The van der Waals surface area contributed by atoms with Gasteiger partial charge < -0.3 is 24.0 Å². The third kappa shape index (κ3) is 25.8. The van der Waals surface area contributed by atoms with Crippen LogP contribution in [0.15, 0.2) is 20.9 Å². The molecule has 20 heteroatoms. The molecule has 6 atom stereocenters. The van der Waals surface area contributed by atoms with Gasteiger partial charge in [-0.25, -0.2) is 13.9 Å². The standard InChI is InChI=1S/C42H77N5O13P2/c1-4-6-8-10-12-14-16-18-20-22-24-26-28-40(48)58-36(32-55-29-27-25-23-21-19-17-15-13-11-9-7-5-2)33-56-61(51,52)60-62(53,54)57-34-38-37(45-46-43)30-39(59-38)47-31-35(3)41(49)44-42(47)50/h31,36-39H,4-30,32-34H2,1-3H3,(H,51,52)(H,53,54)(H,44,49,50)/t36-,37+,38-,39-/m1/s1. The first-order valence-corrected chi connectivity index (χ1v) is 26.2. The van der Waals surface area contributed by atoms with E-state index in [4.69, 9.17) is 28.8 Å². The van der Waals surface area contributed by atoms with Crippen molar-refractivity contribution in [1.82, 2.24) is 9.55 Å². The number of hydrogen-bond acceptors (Lipinski definition) is 12. The maximum atomic E-state index is 12.9. The Balaban J connectivity index is 1.85. The number of H-pyrrole nitrogens is 1. The fourth-order valence-electron chi connectivity index (χ4n) is 7.28. The van der Waals surface area contributed by atoms with Gasteiger partial charge in [0, 0.05) is 36.1 Å². The Morgan fingerprint density at radius 3 is 1.85 bits per heavy atom. The molecular formula is C42H77N5O13P2. The summed E-state index contributed by atoms with van der Waals surface area (Å²) in [6.07, 6.45) is 26.0. The lowest BCUT2D eigenvalue weighted by Crippen LogP contribution is -2.33. The number of esters is 1. The van der Waals surface area contributed by atoms with Crippen LogP contribution in [0.3, 0.4) is 0 Å². The average Bonchev–Trinajstić information content (AvgIpc) is 3.62. The van der Waals surface area contributed by atoms with E-state index in [-0.39, 0.29) is 25.0 Å². The number of hydrogen-bond donors (Lipinski definition) is 3. The van der Waals surface area contributed by atoms with Crippen LogP contribution in [0.1, 0.15) is 193 Å². The molecule has 0 amide bonds. The third-order valence-corrected chi connectivity index (χ3v) is 13.5. The van der Waals surface area contributed by atoms with E-state index in [1.807, 2.05) is 0 Å². The summed E-state index contributed by atoms with van der Waals surface area (Å²) >= 11 is 0. The summed E-state index contributed by atoms with van der Waals surface area (Å²) in [4.78, 5) is 62.6. The molecule has 358 valence electrons. The van der Waals surface area contributed by atoms with Crippen molar-refractivity contribution in [3.8, 4) is 0 Å². The zero-order chi connectivity index (χ0) is 45.5. The SMILES string of the molecule is CCCCCCCCCCCCCCOC[C@H](COP(=O)(O)OP(=O)(O)OC[C@H]1O[C@@H](n2cc(C)c(=O)[nH]c2=O)C[C@@H]1N=[N+]=[N-])OC(=O)CCCCCCCCCCCCCC.